The van der Waals surface area contributed by atoms with Gasteiger partial charge in [-0.15, -0.1) is 6.58 Å². The molecule has 0 bridgehead atoms. The molecule has 0 saturated heterocycles. The summed E-state index contributed by atoms with van der Waals surface area (Å²) in [4.78, 5) is 10.7. The summed E-state index contributed by atoms with van der Waals surface area (Å²) in [5.41, 5.74) is 0. The predicted octanol–water partition coefficient (Wildman–Crippen LogP) is 2.32. The van der Waals surface area contributed by atoms with E-state index >= 15 is 0 Å². The molecule has 0 aliphatic heterocycles. The van der Waals surface area contributed by atoms with E-state index in [1.54, 1.807) is 0 Å². The first kappa shape index (κ1) is 11.0. The summed E-state index contributed by atoms with van der Waals surface area (Å²) >= 11 is 0. The van der Waals surface area contributed by atoms with Crippen LogP contribution in [-0.4, -0.2) is 13.1 Å². The lowest BCUT2D eigenvalue weighted by Gasteiger charge is -1.99. The molecule has 68 valence electrons. The van der Waals surface area contributed by atoms with Gasteiger partial charge in [-0.05, 0) is 12.3 Å². The van der Waals surface area contributed by atoms with Crippen LogP contribution in [-0.2, 0) is 9.53 Å². The molecule has 0 saturated carbocycles. The predicted molar refractivity (Wildman–Crippen MR) is 49.8 cm³/mol. The first-order valence-corrected chi connectivity index (χ1v) is 4.05. The summed E-state index contributed by atoms with van der Waals surface area (Å²) in [6.07, 6.45) is 7.00. The van der Waals surface area contributed by atoms with E-state index in [0.717, 1.165) is 6.42 Å². The third kappa shape index (κ3) is 5.71. The second kappa shape index (κ2) is 6.65. The number of esters is 1. The van der Waals surface area contributed by atoms with Crippen LogP contribution in [0, 0.1) is 5.92 Å². The van der Waals surface area contributed by atoms with E-state index in [0.29, 0.717) is 12.3 Å². The lowest BCUT2D eigenvalue weighted by Crippen LogP contribution is -1.97. The molecule has 0 heterocycles. The van der Waals surface area contributed by atoms with Gasteiger partial charge in [0.05, 0.1) is 13.5 Å². The quantitative estimate of drug-likeness (QED) is 0.465. The fourth-order valence-electron chi connectivity index (χ4n) is 0.821. The van der Waals surface area contributed by atoms with E-state index in [4.69, 9.17) is 0 Å². The fraction of sp³-hybridized carbons (Fsp3) is 0.500. The standard InChI is InChI=1S/C10H16O2/c1-4-6-9(2)7-5-8-10(11)12-3/h4-5,7,9H,1,6,8H2,2-3H3/b7-5+. The monoisotopic (exact) mass is 168 g/mol. The lowest BCUT2D eigenvalue weighted by molar-refractivity contribution is -0.139. The van der Waals surface area contributed by atoms with Crippen molar-refractivity contribution in [3.8, 4) is 0 Å². The van der Waals surface area contributed by atoms with Gasteiger partial charge in [-0.25, -0.2) is 0 Å². The normalized spacial score (nSPS) is 12.8. The Morgan fingerprint density at radius 2 is 2.33 bits per heavy atom. The van der Waals surface area contributed by atoms with Crippen molar-refractivity contribution >= 4 is 5.97 Å². The third-order valence-corrected chi connectivity index (χ3v) is 1.52. The summed E-state index contributed by atoms with van der Waals surface area (Å²) < 4.78 is 4.48. The van der Waals surface area contributed by atoms with Gasteiger partial charge in [-0.2, -0.15) is 0 Å². The van der Waals surface area contributed by atoms with Crippen LogP contribution in [0.4, 0.5) is 0 Å². The summed E-state index contributed by atoms with van der Waals surface area (Å²) in [5.74, 6) is 0.254. The molecule has 1 atom stereocenters. The Hall–Kier alpha value is -1.05. The molecular weight excluding hydrogens is 152 g/mol. The van der Waals surface area contributed by atoms with Gasteiger partial charge in [0.1, 0.15) is 0 Å². The Morgan fingerprint density at radius 3 is 2.83 bits per heavy atom. The maximum Gasteiger partial charge on any atom is 0.309 e. The van der Waals surface area contributed by atoms with Crippen molar-refractivity contribution in [2.75, 3.05) is 7.11 Å². The largest absolute Gasteiger partial charge is 0.469 e. The van der Waals surface area contributed by atoms with Crippen LogP contribution in [0.5, 0.6) is 0 Å². The van der Waals surface area contributed by atoms with Crippen LogP contribution in [0.25, 0.3) is 0 Å². The van der Waals surface area contributed by atoms with Gasteiger partial charge in [0.25, 0.3) is 0 Å². The second-order valence-corrected chi connectivity index (χ2v) is 2.71. The van der Waals surface area contributed by atoms with Crippen molar-refractivity contribution in [2.24, 2.45) is 5.92 Å². The Kier molecular flexibility index (Phi) is 6.07. The van der Waals surface area contributed by atoms with E-state index < -0.39 is 0 Å². The number of allylic oxidation sites excluding steroid dienone is 2. The van der Waals surface area contributed by atoms with Crippen molar-refractivity contribution in [3.63, 3.8) is 0 Å². The number of methoxy groups -OCH3 is 1. The maximum absolute atomic E-state index is 10.7. The van der Waals surface area contributed by atoms with Crippen LogP contribution < -0.4 is 0 Å². The molecule has 0 aliphatic rings. The SMILES string of the molecule is C=CCC(C)/C=C/CC(=O)OC. The van der Waals surface area contributed by atoms with Gasteiger partial charge in [0.15, 0.2) is 0 Å². The van der Waals surface area contributed by atoms with Gasteiger partial charge in [-0.3, -0.25) is 4.79 Å². The number of hydrogen-bond donors (Lipinski definition) is 0. The molecule has 12 heavy (non-hydrogen) atoms. The van der Waals surface area contributed by atoms with Crippen molar-refractivity contribution in [1.29, 1.82) is 0 Å². The number of carbonyl (C=O) groups excluding carboxylic acids is 1. The second-order valence-electron chi connectivity index (χ2n) is 2.71. The van der Waals surface area contributed by atoms with E-state index in [-0.39, 0.29) is 5.97 Å². The highest BCUT2D eigenvalue weighted by Crippen LogP contribution is 2.04. The Bertz CT molecular complexity index is 171. The third-order valence-electron chi connectivity index (χ3n) is 1.52. The minimum atomic E-state index is -0.197. The molecular formula is C10H16O2. The minimum absolute atomic E-state index is 0.197. The number of rotatable bonds is 5. The highest BCUT2D eigenvalue weighted by Gasteiger charge is 1.95. The molecule has 0 radical (unpaired) electrons. The van der Waals surface area contributed by atoms with Gasteiger partial charge in [0, 0.05) is 0 Å². The summed E-state index contributed by atoms with van der Waals surface area (Å²) in [7, 11) is 1.39. The zero-order chi connectivity index (χ0) is 9.40. The molecule has 2 heteroatoms. The minimum Gasteiger partial charge on any atom is -0.469 e. The number of ether oxygens (including phenoxy) is 1. The van der Waals surface area contributed by atoms with Crippen LogP contribution >= 0.6 is 0 Å². The summed E-state index contributed by atoms with van der Waals surface area (Å²) in [5, 5.41) is 0. The van der Waals surface area contributed by atoms with Crippen LogP contribution in [0.3, 0.4) is 0 Å². The Morgan fingerprint density at radius 1 is 1.67 bits per heavy atom. The molecule has 0 amide bonds. The van der Waals surface area contributed by atoms with Crippen LogP contribution in [0.1, 0.15) is 19.8 Å². The molecule has 0 aromatic rings. The molecule has 0 fully saturated rings. The van der Waals surface area contributed by atoms with E-state index in [2.05, 4.69) is 18.2 Å². The average Bonchev–Trinajstić information content (AvgIpc) is 2.04. The highest BCUT2D eigenvalue weighted by atomic mass is 16.5. The highest BCUT2D eigenvalue weighted by molar-refractivity contribution is 5.70. The Labute approximate surface area is 73.9 Å². The van der Waals surface area contributed by atoms with Gasteiger partial charge in [0.2, 0.25) is 0 Å². The molecule has 0 aliphatic carbocycles. The number of hydrogen-bond acceptors (Lipinski definition) is 2. The Balaban J connectivity index is 3.60. The van der Waals surface area contributed by atoms with E-state index in [1.165, 1.54) is 7.11 Å². The van der Waals surface area contributed by atoms with Gasteiger partial charge in [-0.1, -0.05) is 25.2 Å². The van der Waals surface area contributed by atoms with Crippen molar-refractivity contribution in [3.05, 3.63) is 24.8 Å². The summed E-state index contributed by atoms with van der Waals surface area (Å²) in [6.45, 7) is 5.71. The van der Waals surface area contributed by atoms with Gasteiger partial charge < -0.3 is 4.74 Å². The first-order chi connectivity index (χ1) is 5.70. The average molecular weight is 168 g/mol. The smallest absolute Gasteiger partial charge is 0.309 e. The fourth-order valence-corrected chi connectivity index (χ4v) is 0.821. The van der Waals surface area contributed by atoms with Crippen molar-refractivity contribution < 1.29 is 9.53 Å². The first-order valence-electron chi connectivity index (χ1n) is 4.05. The topological polar surface area (TPSA) is 26.3 Å². The van der Waals surface area contributed by atoms with Crippen LogP contribution in [0.2, 0.25) is 0 Å². The maximum atomic E-state index is 10.7. The molecule has 0 rings (SSSR count). The zero-order valence-corrected chi connectivity index (χ0v) is 7.75. The van der Waals surface area contributed by atoms with Crippen molar-refractivity contribution in [1.82, 2.24) is 0 Å². The summed E-state index contributed by atoms with van der Waals surface area (Å²) in [6, 6.07) is 0. The molecule has 1 unspecified atom stereocenters. The number of carbonyl (C=O) groups is 1. The lowest BCUT2D eigenvalue weighted by atomic mass is 10.1. The molecule has 2 nitrogen and oxygen atoms in total. The molecule has 0 aromatic heterocycles. The van der Waals surface area contributed by atoms with E-state index in [9.17, 15) is 4.79 Å². The van der Waals surface area contributed by atoms with Crippen LogP contribution in [0.15, 0.2) is 24.8 Å². The van der Waals surface area contributed by atoms with E-state index in [1.807, 2.05) is 18.2 Å². The van der Waals surface area contributed by atoms with Crippen molar-refractivity contribution in [2.45, 2.75) is 19.8 Å². The van der Waals surface area contributed by atoms with Gasteiger partial charge >= 0.3 is 5.97 Å². The molecule has 0 N–H and O–H groups in total. The molecule has 0 spiro atoms. The molecule has 0 aromatic carbocycles. The zero-order valence-electron chi connectivity index (χ0n) is 7.75.